The Labute approximate surface area is 308 Å². The molecule has 294 valence electrons. The molecule has 0 radical (unpaired) electrons. The summed E-state index contributed by atoms with van der Waals surface area (Å²) in [7, 11) is 1.34. The molecule has 0 spiro atoms. The second-order valence-electron chi connectivity index (χ2n) is 14.6. The molecule has 9 heteroatoms. The number of carbonyl (C=O) groups is 1. The first-order chi connectivity index (χ1) is 24.1. The lowest BCUT2D eigenvalue weighted by molar-refractivity contribution is -0.870. The van der Waals surface area contributed by atoms with Gasteiger partial charge >= 0.3 is 5.97 Å². The minimum absolute atomic E-state index is 0.0238. The van der Waals surface area contributed by atoms with Crippen molar-refractivity contribution in [2.24, 2.45) is 0 Å². The molecule has 0 aliphatic carbocycles. The number of unbranched alkanes of at least 4 members (excludes halogenated alkanes) is 17. The number of hydrogen-bond donors (Lipinski definition) is 0. The highest BCUT2D eigenvalue weighted by Crippen LogP contribution is 2.38. The van der Waals surface area contributed by atoms with Crippen molar-refractivity contribution in [3.63, 3.8) is 0 Å². The number of esters is 1. The van der Waals surface area contributed by atoms with Gasteiger partial charge in [-0.05, 0) is 51.4 Å². The van der Waals surface area contributed by atoms with Gasteiger partial charge in [0.1, 0.15) is 19.3 Å². The number of carbonyl (C=O) groups excluding carboxylic acids is 1. The first-order valence-corrected chi connectivity index (χ1v) is 21.7. The van der Waals surface area contributed by atoms with Gasteiger partial charge in [0.05, 0.1) is 34.4 Å². The lowest BCUT2D eigenvalue weighted by Gasteiger charge is -2.28. The van der Waals surface area contributed by atoms with E-state index in [1.54, 1.807) is 0 Å². The SMILES string of the molecule is CCCCCCC/C=C\C/C=C\C/C=C\CCCCCCCCCOCC(COP(=O)([O-])OCC[N+](C)(C)C)OC(=O)CCCCCCCC. The predicted molar refractivity (Wildman–Crippen MR) is 208 cm³/mol. The van der Waals surface area contributed by atoms with E-state index in [1.807, 2.05) is 21.1 Å². The molecule has 2 unspecified atom stereocenters. The fourth-order valence-electron chi connectivity index (χ4n) is 5.26. The van der Waals surface area contributed by atoms with Gasteiger partial charge < -0.3 is 27.9 Å². The molecule has 0 aromatic heterocycles. The van der Waals surface area contributed by atoms with Crippen molar-refractivity contribution < 1.29 is 37.3 Å². The summed E-state index contributed by atoms with van der Waals surface area (Å²) in [5.41, 5.74) is 0. The molecule has 0 saturated carbocycles. The van der Waals surface area contributed by atoms with Crippen LogP contribution in [0.5, 0.6) is 0 Å². The molecule has 0 bridgehead atoms. The molecule has 0 aromatic rings. The van der Waals surface area contributed by atoms with Gasteiger partial charge in [-0.2, -0.15) is 0 Å². The number of quaternary nitrogens is 1. The van der Waals surface area contributed by atoms with Crippen LogP contribution in [-0.4, -0.2) is 70.7 Å². The Balaban J connectivity index is 4.09. The fourth-order valence-corrected chi connectivity index (χ4v) is 5.99. The molecule has 0 rings (SSSR count). The molecule has 8 nitrogen and oxygen atoms in total. The van der Waals surface area contributed by atoms with Crippen LogP contribution < -0.4 is 4.89 Å². The summed E-state index contributed by atoms with van der Waals surface area (Å²) in [6.45, 7) is 5.30. The molecule has 0 amide bonds. The molecule has 0 N–H and O–H groups in total. The minimum Gasteiger partial charge on any atom is -0.756 e. The predicted octanol–water partition coefficient (Wildman–Crippen LogP) is 10.8. The quantitative estimate of drug-likeness (QED) is 0.0207. The summed E-state index contributed by atoms with van der Waals surface area (Å²) in [5, 5.41) is 0. The van der Waals surface area contributed by atoms with Crippen LogP contribution in [0.2, 0.25) is 0 Å². The average Bonchev–Trinajstić information content (AvgIpc) is 3.06. The summed E-state index contributed by atoms with van der Waals surface area (Å²) in [6.07, 6.45) is 39.0. The van der Waals surface area contributed by atoms with Crippen LogP contribution in [0.1, 0.15) is 162 Å². The number of nitrogens with zero attached hydrogens (tertiary/aromatic N) is 1. The van der Waals surface area contributed by atoms with E-state index in [0.717, 1.165) is 51.4 Å². The van der Waals surface area contributed by atoms with Crippen molar-refractivity contribution in [2.75, 3.05) is 54.1 Å². The molecule has 0 saturated heterocycles. The highest BCUT2D eigenvalue weighted by molar-refractivity contribution is 7.45. The summed E-state index contributed by atoms with van der Waals surface area (Å²) < 4.78 is 34.3. The molecule has 2 atom stereocenters. The smallest absolute Gasteiger partial charge is 0.306 e. The van der Waals surface area contributed by atoms with E-state index < -0.39 is 13.9 Å². The zero-order valence-electron chi connectivity index (χ0n) is 33.1. The summed E-state index contributed by atoms with van der Waals surface area (Å²) in [5.74, 6) is -0.348. The molecular weight excluding hydrogens is 649 g/mol. The van der Waals surface area contributed by atoms with E-state index in [9.17, 15) is 14.3 Å². The Bertz CT molecular complexity index is 900. The van der Waals surface area contributed by atoms with Crippen LogP contribution in [-0.2, 0) is 27.9 Å². The van der Waals surface area contributed by atoms with Crippen LogP contribution in [0, 0.1) is 0 Å². The summed E-state index contributed by atoms with van der Waals surface area (Å²) in [4.78, 5) is 24.7. The van der Waals surface area contributed by atoms with Gasteiger partial charge in [0.15, 0.2) is 0 Å². The van der Waals surface area contributed by atoms with Crippen molar-refractivity contribution in [2.45, 2.75) is 168 Å². The lowest BCUT2D eigenvalue weighted by Crippen LogP contribution is -2.37. The third kappa shape index (κ3) is 38.0. The van der Waals surface area contributed by atoms with Gasteiger partial charge in [-0.25, -0.2) is 0 Å². The normalized spacial score (nSPS) is 14.3. The second-order valence-corrected chi connectivity index (χ2v) is 16.1. The molecular formula is C41H78NO7P. The van der Waals surface area contributed by atoms with Gasteiger partial charge in [0.25, 0.3) is 7.82 Å². The zero-order valence-corrected chi connectivity index (χ0v) is 34.0. The van der Waals surface area contributed by atoms with Gasteiger partial charge in [-0.3, -0.25) is 9.36 Å². The molecule has 0 fully saturated rings. The summed E-state index contributed by atoms with van der Waals surface area (Å²) >= 11 is 0. The molecule has 50 heavy (non-hydrogen) atoms. The highest BCUT2D eigenvalue weighted by atomic mass is 31.2. The van der Waals surface area contributed by atoms with Crippen molar-refractivity contribution in [3.8, 4) is 0 Å². The molecule has 0 aromatic carbocycles. The lowest BCUT2D eigenvalue weighted by atomic mass is 10.1. The minimum atomic E-state index is -4.51. The van der Waals surface area contributed by atoms with Crippen LogP contribution in [0.15, 0.2) is 36.5 Å². The maximum absolute atomic E-state index is 12.5. The molecule has 0 aliphatic rings. The topological polar surface area (TPSA) is 94.1 Å². The third-order valence-corrected chi connectivity index (χ3v) is 9.41. The number of allylic oxidation sites excluding steroid dienone is 6. The fraction of sp³-hybridized carbons (Fsp3) is 0.829. The Morgan fingerprint density at radius 1 is 0.620 bits per heavy atom. The number of hydrogen-bond acceptors (Lipinski definition) is 7. The van der Waals surface area contributed by atoms with Crippen molar-refractivity contribution in [1.29, 1.82) is 0 Å². The van der Waals surface area contributed by atoms with E-state index in [0.29, 0.717) is 24.1 Å². The maximum atomic E-state index is 12.5. The molecule has 0 aliphatic heterocycles. The largest absolute Gasteiger partial charge is 0.756 e. The maximum Gasteiger partial charge on any atom is 0.306 e. The van der Waals surface area contributed by atoms with Crippen molar-refractivity contribution in [1.82, 2.24) is 0 Å². The van der Waals surface area contributed by atoms with E-state index in [2.05, 4.69) is 50.3 Å². The van der Waals surface area contributed by atoms with E-state index >= 15 is 0 Å². The first-order valence-electron chi connectivity index (χ1n) is 20.2. The van der Waals surface area contributed by atoms with E-state index in [1.165, 1.54) is 89.9 Å². The Morgan fingerprint density at radius 2 is 1.10 bits per heavy atom. The van der Waals surface area contributed by atoms with Crippen molar-refractivity contribution >= 4 is 13.8 Å². The first kappa shape index (κ1) is 48.7. The monoisotopic (exact) mass is 728 g/mol. The zero-order chi connectivity index (χ0) is 37.0. The van der Waals surface area contributed by atoms with Gasteiger partial charge in [-0.1, -0.05) is 140 Å². The third-order valence-electron chi connectivity index (χ3n) is 8.44. The second kappa shape index (κ2) is 34.8. The highest BCUT2D eigenvalue weighted by Gasteiger charge is 2.20. The number of ether oxygens (including phenoxy) is 2. The number of phosphoric acid groups is 1. The van der Waals surface area contributed by atoms with Crippen LogP contribution >= 0.6 is 7.82 Å². The van der Waals surface area contributed by atoms with Crippen LogP contribution in [0.3, 0.4) is 0 Å². The Hall–Kier alpha value is -1.28. The van der Waals surface area contributed by atoms with Gasteiger partial charge in [0.2, 0.25) is 0 Å². The van der Waals surface area contributed by atoms with Crippen molar-refractivity contribution in [3.05, 3.63) is 36.5 Å². The van der Waals surface area contributed by atoms with Crippen LogP contribution in [0.25, 0.3) is 0 Å². The van der Waals surface area contributed by atoms with E-state index in [-0.39, 0.29) is 25.8 Å². The average molecular weight is 728 g/mol. The number of likely N-dealkylation sites (N-methyl/N-ethyl adjacent to an activating group) is 1. The summed E-state index contributed by atoms with van der Waals surface area (Å²) in [6, 6.07) is 0. The standard InChI is InChI=1S/C41H78NO7P/c1-6-8-10-12-14-15-16-17-18-19-20-21-22-23-24-25-26-27-28-29-31-33-36-46-38-40(49-41(43)34-32-30-13-11-9-7-2)39-48-50(44,45)47-37-35-42(3,4)5/h16-17,19-20,22-23,40H,6-15,18,21,24-39H2,1-5H3/b17-16-,20-19-,23-22-. The van der Waals surface area contributed by atoms with Crippen LogP contribution in [0.4, 0.5) is 0 Å². The Kier molecular flexibility index (Phi) is 33.9. The molecule has 0 heterocycles. The van der Waals surface area contributed by atoms with E-state index in [4.69, 9.17) is 18.5 Å². The number of phosphoric ester groups is 1. The van der Waals surface area contributed by atoms with Gasteiger partial charge in [-0.15, -0.1) is 0 Å². The number of rotatable bonds is 37. The van der Waals surface area contributed by atoms with Gasteiger partial charge in [0, 0.05) is 13.0 Å². The Morgan fingerprint density at radius 3 is 1.64 bits per heavy atom.